The standard InChI is InChI=1S/C13H13NO5/c1-7(4-12(16)17)13(18)9-3-2-8-6-11(15)14-19-10(8)5-9/h2-3,5,7H,4,6H2,1H3,(H,14,15)(H,16,17). The molecule has 6 heteroatoms. The molecule has 0 spiro atoms. The van der Waals surface area contributed by atoms with Crippen LogP contribution < -0.4 is 10.3 Å². The number of ketones is 1. The monoisotopic (exact) mass is 263 g/mol. The molecule has 1 amide bonds. The third-order valence-corrected chi connectivity index (χ3v) is 2.91. The first kappa shape index (κ1) is 13.1. The van der Waals surface area contributed by atoms with Crippen LogP contribution in [-0.2, 0) is 16.0 Å². The summed E-state index contributed by atoms with van der Waals surface area (Å²) in [6, 6.07) is 4.76. The van der Waals surface area contributed by atoms with Crippen molar-refractivity contribution in [2.45, 2.75) is 19.8 Å². The van der Waals surface area contributed by atoms with Gasteiger partial charge in [-0.05, 0) is 6.07 Å². The van der Waals surface area contributed by atoms with Crippen LogP contribution in [0.1, 0.15) is 29.3 Å². The van der Waals surface area contributed by atoms with E-state index >= 15 is 0 Å². The Balaban J connectivity index is 2.20. The molecular weight excluding hydrogens is 250 g/mol. The third kappa shape index (κ3) is 2.90. The zero-order chi connectivity index (χ0) is 14.0. The van der Waals surface area contributed by atoms with E-state index in [-0.39, 0.29) is 24.5 Å². The Hall–Kier alpha value is -2.37. The maximum Gasteiger partial charge on any atom is 0.304 e. The molecule has 1 aromatic carbocycles. The van der Waals surface area contributed by atoms with Gasteiger partial charge in [0.2, 0.25) is 0 Å². The SMILES string of the molecule is CC(CC(=O)O)C(=O)c1ccc2c(c1)ONC(=O)C2. The highest BCUT2D eigenvalue weighted by atomic mass is 16.7. The van der Waals surface area contributed by atoms with Gasteiger partial charge in [0.25, 0.3) is 5.91 Å². The maximum absolute atomic E-state index is 12.0. The van der Waals surface area contributed by atoms with Gasteiger partial charge in [0, 0.05) is 17.0 Å². The van der Waals surface area contributed by atoms with Crippen LogP contribution in [0.15, 0.2) is 18.2 Å². The van der Waals surface area contributed by atoms with Gasteiger partial charge in [0.1, 0.15) is 0 Å². The summed E-state index contributed by atoms with van der Waals surface area (Å²) < 4.78 is 0. The lowest BCUT2D eigenvalue weighted by Crippen LogP contribution is -2.33. The molecule has 100 valence electrons. The second kappa shape index (κ2) is 5.09. The summed E-state index contributed by atoms with van der Waals surface area (Å²) >= 11 is 0. The molecular formula is C13H13NO5. The summed E-state index contributed by atoms with van der Waals surface area (Å²) in [7, 11) is 0. The minimum Gasteiger partial charge on any atom is -0.481 e. The summed E-state index contributed by atoms with van der Waals surface area (Å²) in [5.74, 6) is -1.69. The van der Waals surface area contributed by atoms with Crippen LogP contribution in [0.4, 0.5) is 0 Å². The van der Waals surface area contributed by atoms with Gasteiger partial charge in [-0.3, -0.25) is 14.4 Å². The van der Waals surface area contributed by atoms with Crippen molar-refractivity contribution in [1.29, 1.82) is 0 Å². The van der Waals surface area contributed by atoms with E-state index in [0.717, 1.165) is 0 Å². The molecule has 0 saturated carbocycles. The molecule has 1 heterocycles. The summed E-state index contributed by atoms with van der Waals surface area (Å²) in [5, 5.41) is 8.68. The number of Topliss-reactive ketones (excluding diaryl/α,β-unsaturated/α-hetero) is 1. The molecule has 0 fully saturated rings. The number of hydroxylamine groups is 1. The van der Waals surface area contributed by atoms with E-state index < -0.39 is 11.9 Å². The third-order valence-electron chi connectivity index (χ3n) is 2.91. The first-order chi connectivity index (χ1) is 8.97. The van der Waals surface area contributed by atoms with E-state index in [2.05, 4.69) is 5.48 Å². The average Bonchev–Trinajstić information content (AvgIpc) is 2.36. The van der Waals surface area contributed by atoms with Crippen LogP contribution in [0.5, 0.6) is 5.75 Å². The molecule has 6 nitrogen and oxygen atoms in total. The summed E-state index contributed by atoms with van der Waals surface area (Å²) in [6.45, 7) is 1.57. The van der Waals surface area contributed by atoms with E-state index in [4.69, 9.17) is 9.94 Å². The Morgan fingerprint density at radius 2 is 2.21 bits per heavy atom. The minimum absolute atomic E-state index is 0.203. The van der Waals surface area contributed by atoms with E-state index in [1.807, 2.05) is 0 Å². The maximum atomic E-state index is 12.0. The van der Waals surface area contributed by atoms with Crippen LogP contribution in [0.3, 0.4) is 0 Å². The van der Waals surface area contributed by atoms with Gasteiger partial charge in [-0.1, -0.05) is 19.1 Å². The number of carboxylic acids is 1. The van der Waals surface area contributed by atoms with Crippen LogP contribution in [0.2, 0.25) is 0 Å². The molecule has 0 aromatic heterocycles. The summed E-state index contributed by atoms with van der Waals surface area (Å²) in [5.41, 5.74) is 3.30. The fourth-order valence-corrected chi connectivity index (χ4v) is 1.91. The smallest absolute Gasteiger partial charge is 0.304 e. The van der Waals surface area contributed by atoms with E-state index in [0.29, 0.717) is 16.9 Å². The lowest BCUT2D eigenvalue weighted by molar-refractivity contribution is -0.137. The van der Waals surface area contributed by atoms with Gasteiger partial charge in [-0.2, -0.15) is 5.48 Å². The Morgan fingerprint density at radius 1 is 1.47 bits per heavy atom. The van der Waals surface area contributed by atoms with Crippen LogP contribution >= 0.6 is 0 Å². The largest absolute Gasteiger partial charge is 0.481 e. The van der Waals surface area contributed by atoms with Gasteiger partial charge >= 0.3 is 5.97 Å². The van der Waals surface area contributed by atoms with E-state index in [9.17, 15) is 14.4 Å². The highest BCUT2D eigenvalue weighted by Gasteiger charge is 2.22. The molecule has 19 heavy (non-hydrogen) atoms. The number of hydrogen-bond donors (Lipinski definition) is 2. The Labute approximate surface area is 109 Å². The Bertz CT molecular complexity index is 552. The van der Waals surface area contributed by atoms with E-state index in [1.165, 1.54) is 6.07 Å². The van der Waals surface area contributed by atoms with Gasteiger partial charge in [0.05, 0.1) is 12.8 Å². The number of carbonyl (C=O) groups is 3. The number of amides is 1. The predicted octanol–water partition coefficient (Wildman–Crippen LogP) is 0.946. The lowest BCUT2D eigenvalue weighted by Gasteiger charge is -2.17. The Kier molecular flexibility index (Phi) is 3.50. The number of nitrogens with one attached hydrogen (secondary N) is 1. The lowest BCUT2D eigenvalue weighted by atomic mass is 9.95. The van der Waals surface area contributed by atoms with Crippen molar-refractivity contribution in [3.63, 3.8) is 0 Å². The first-order valence-electron chi connectivity index (χ1n) is 5.82. The zero-order valence-corrected chi connectivity index (χ0v) is 10.3. The number of benzene rings is 1. The molecule has 2 N–H and O–H groups in total. The minimum atomic E-state index is -1.01. The molecule has 1 aliphatic heterocycles. The number of carboxylic acid groups (broad SMARTS) is 1. The van der Waals surface area contributed by atoms with Gasteiger partial charge in [0.15, 0.2) is 11.5 Å². The number of rotatable bonds is 4. The molecule has 0 radical (unpaired) electrons. The molecule has 2 rings (SSSR count). The van der Waals surface area contributed by atoms with Crippen molar-refractivity contribution in [1.82, 2.24) is 5.48 Å². The fraction of sp³-hybridized carbons (Fsp3) is 0.308. The van der Waals surface area contributed by atoms with Gasteiger partial charge < -0.3 is 9.94 Å². The molecule has 1 aliphatic rings. The molecule has 1 atom stereocenters. The molecule has 0 saturated heterocycles. The zero-order valence-electron chi connectivity index (χ0n) is 10.3. The summed E-state index contributed by atoms with van der Waals surface area (Å²) in [6.07, 6.45) is -0.0119. The second-order valence-electron chi connectivity index (χ2n) is 4.49. The van der Waals surface area contributed by atoms with Crippen molar-refractivity contribution >= 4 is 17.7 Å². The molecule has 1 aromatic rings. The number of carbonyl (C=O) groups excluding carboxylic acids is 2. The van der Waals surface area contributed by atoms with Crippen molar-refractivity contribution in [3.05, 3.63) is 29.3 Å². The highest BCUT2D eigenvalue weighted by Crippen LogP contribution is 2.25. The second-order valence-corrected chi connectivity index (χ2v) is 4.49. The Morgan fingerprint density at radius 3 is 2.89 bits per heavy atom. The fourth-order valence-electron chi connectivity index (χ4n) is 1.91. The van der Waals surface area contributed by atoms with Crippen molar-refractivity contribution < 1.29 is 24.3 Å². The predicted molar refractivity (Wildman–Crippen MR) is 64.7 cm³/mol. The number of hydrogen-bond acceptors (Lipinski definition) is 4. The number of fused-ring (bicyclic) bond motifs is 1. The van der Waals surface area contributed by atoms with Crippen LogP contribution in [-0.4, -0.2) is 22.8 Å². The van der Waals surface area contributed by atoms with Crippen molar-refractivity contribution in [2.75, 3.05) is 0 Å². The average molecular weight is 263 g/mol. The quantitative estimate of drug-likeness (QED) is 0.789. The van der Waals surface area contributed by atoms with Crippen LogP contribution in [0, 0.1) is 5.92 Å². The van der Waals surface area contributed by atoms with Gasteiger partial charge in [-0.25, -0.2) is 0 Å². The molecule has 0 bridgehead atoms. The highest BCUT2D eigenvalue weighted by molar-refractivity contribution is 5.99. The van der Waals surface area contributed by atoms with Crippen LogP contribution in [0.25, 0.3) is 0 Å². The van der Waals surface area contributed by atoms with E-state index in [1.54, 1.807) is 19.1 Å². The first-order valence-corrected chi connectivity index (χ1v) is 5.82. The topological polar surface area (TPSA) is 92.7 Å². The van der Waals surface area contributed by atoms with Crippen molar-refractivity contribution in [2.24, 2.45) is 5.92 Å². The normalized spacial score (nSPS) is 14.9. The number of aliphatic carboxylic acids is 1. The summed E-state index contributed by atoms with van der Waals surface area (Å²) in [4.78, 5) is 38.7. The van der Waals surface area contributed by atoms with Crippen molar-refractivity contribution in [3.8, 4) is 5.75 Å². The van der Waals surface area contributed by atoms with Gasteiger partial charge in [-0.15, -0.1) is 0 Å². The molecule has 0 aliphatic carbocycles. The molecule has 1 unspecified atom stereocenters.